The number of hydrogen-bond donors (Lipinski definition) is 0. The second kappa shape index (κ2) is 12.0. The molecular weight excluding hydrogens is 504 g/mol. The van der Waals surface area contributed by atoms with E-state index in [2.05, 4.69) is 6.07 Å². The van der Waals surface area contributed by atoms with Gasteiger partial charge >= 0.3 is 18.2 Å². The first-order valence-electron chi connectivity index (χ1n) is 13.3. The quantitative estimate of drug-likeness (QED) is 0.406. The van der Waals surface area contributed by atoms with Crippen LogP contribution in [0.25, 0.3) is 0 Å². The molecule has 214 valence electrons. The molecule has 11 heteroatoms. The average molecular weight is 545 g/mol. The van der Waals surface area contributed by atoms with Gasteiger partial charge in [-0.05, 0) is 53.7 Å². The maximum atomic E-state index is 12.8. The summed E-state index contributed by atoms with van der Waals surface area (Å²) in [5, 5.41) is 10.1. The van der Waals surface area contributed by atoms with Gasteiger partial charge in [-0.15, -0.1) is 0 Å². The van der Waals surface area contributed by atoms with Crippen LogP contribution in [0.3, 0.4) is 0 Å². The minimum Gasteiger partial charge on any atom is -0.489 e. The van der Waals surface area contributed by atoms with Crippen molar-refractivity contribution in [3.05, 3.63) is 23.3 Å². The Kier molecular flexibility index (Phi) is 9.20. The number of nitriles is 1. The van der Waals surface area contributed by atoms with Crippen molar-refractivity contribution >= 4 is 23.8 Å². The first-order chi connectivity index (χ1) is 18.2. The molecule has 39 heavy (non-hydrogen) atoms. The Labute approximate surface area is 230 Å². The highest BCUT2D eigenvalue weighted by atomic mass is 16.6. The largest absolute Gasteiger partial charge is 0.489 e. The minimum absolute atomic E-state index is 0.0710. The lowest BCUT2D eigenvalue weighted by Gasteiger charge is -2.37. The SMILES string of the molecule is COC(=O)c1c(OC2CCN(C(=O)OC(C)(C)C)CC2)ccc(N2CCN(C(=O)OC(C)(C)C)CC2)c1C#N. The van der Waals surface area contributed by atoms with Crippen molar-refractivity contribution < 1.29 is 33.3 Å². The van der Waals surface area contributed by atoms with Crippen molar-refractivity contribution in [3.8, 4) is 11.8 Å². The van der Waals surface area contributed by atoms with Gasteiger partial charge in [-0.25, -0.2) is 14.4 Å². The Balaban J connectivity index is 1.73. The molecule has 2 aliphatic rings. The van der Waals surface area contributed by atoms with E-state index in [1.54, 1.807) is 21.9 Å². The number of methoxy groups -OCH3 is 1. The molecule has 2 aliphatic heterocycles. The third-order valence-electron chi connectivity index (χ3n) is 6.31. The third kappa shape index (κ3) is 7.91. The second-order valence-electron chi connectivity index (χ2n) is 11.7. The Morgan fingerprint density at radius 3 is 1.82 bits per heavy atom. The number of anilines is 1. The standard InChI is InChI=1S/C28H40N4O7/c1-27(2,3)38-25(34)31-12-10-19(11-13-31)37-22-9-8-21(20(18-29)23(22)24(33)36-7)30-14-16-32(17-15-30)26(35)39-28(4,5)6/h8-9,19H,10-17H2,1-7H3. The van der Waals surface area contributed by atoms with E-state index in [0.29, 0.717) is 57.8 Å². The number of piperidine rings is 1. The zero-order valence-electron chi connectivity index (χ0n) is 24.0. The molecule has 1 aromatic carbocycles. The summed E-state index contributed by atoms with van der Waals surface area (Å²) in [5.41, 5.74) is -0.344. The fourth-order valence-electron chi connectivity index (χ4n) is 4.47. The minimum atomic E-state index is -0.665. The summed E-state index contributed by atoms with van der Waals surface area (Å²) in [6.45, 7) is 13.6. The van der Waals surface area contributed by atoms with Crippen LogP contribution in [0.5, 0.6) is 5.75 Å². The predicted octanol–water partition coefficient (Wildman–Crippen LogP) is 4.18. The number of nitrogens with zero attached hydrogens (tertiary/aromatic N) is 4. The van der Waals surface area contributed by atoms with E-state index in [0.717, 1.165) is 0 Å². The lowest BCUT2D eigenvalue weighted by molar-refractivity contribution is 0.0125. The summed E-state index contributed by atoms with van der Waals surface area (Å²) >= 11 is 0. The topological polar surface area (TPSA) is 122 Å². The molecule has 0 atom stereocenters. The van der Waals surface area contributed by atoms with Crippen molar-refractivity contribution in [1.82, 2.24) is 9.80 Å². The van der Waals surface area contributed by atoms with Crippen LogP contribution in [0.4, 0.5) is 15.3 Å². The summed E-state index contributed by atoms with van der Waals surface area (Å²) in [6, 6.07) is 5.61. The molecule has 0 bridgehead atoms. The summed E-state index contributed by atoms with van der Waals surface area (Å²) in [6.07, 6.45) is 0.118. The van der Waals surface area contributed by atoms with Crippen LogP contribution in [0.1, 0.15) is 70.3 Å². The van der Waals surface area contributed by atoms with Crippen LogP contribution in [-0.4, -0.2) is 91.6 Å². The van der Waals surface area contributed by atoms with Crippen molar-refractivity contribution in [2.75, 3.05) is 51.3 Å². The fraction of sp³-hybridized carbons (Fsp3) is 0.643. The lowest BCUT2D eigenvalue weighted by atomic mass is 10.0. The van der Waals surface area contributed by atoms with Crippen LogP contribution in [-0.2, 0) is 14.2 Å². The van der Waals surface area contributed by atoms with Crippen molar-refractivity contribution in [2.24, 2.45) is 0 Å². The predicted molar refractivity (Wildman–Crippen MR) is 144 cm³/mol. The molecule has 1 aromatic rings. The summed E-state index contributed by atoms with van der Waals surface area (Å²) in [4.78, 5) is 42.9. The Morgan fingerprint density at radius 1 is 0.846 bits per heavy atom. The summed E-state index contributed by atoms with van der Waals surface area (Å²) in [7, 11) is 1.26. The van der Waals surface area contributed by atoms with Crippen molar-refractivity contribution in [3.63, 3.8) is 0 Å². The highest BCUT2D eigenvalue weighted by Gasteiger charge is 2.32. The van der Waals surface area contributed by atoms with Crippen LogP contribution < -0.4 is 9.64 Å². The molecule has 11 nitrogen and oxygen atoms in total. The number of likely N-dealkylation sites (tertiary alicyclic amines) is 1. The number of amides is 2. The monoisotopic (exact) mass is 544 g/mol. The maximum absolute atomic E-state index is 12.8. The average Bonchev–Trinajstić information content (AvgIpc) is 2.86. The van der Waals surface area contributed by atoms with E-state index in [-0.39, 0.29) is 35.2 Å². The zero-order chi connectivity index (χ0) is 29.0. The lowest BCUT2D eigenvalue weighted by Crippen LogP contribution is -2.50. The van der Waals surface area contributed by atoms with E-state index in [1.807, 2.05) is 46.4 Å². The van der Waals surface area contributed by atoms with Gasteiger partial charge in [-0.2, -0.15) is 5.26 Å². The van der Waals surface area contributed by atoms with Gasteiger partial charge in [0.25, 0.3) is 0 Å². The number of benzene rings is 1. The fourth-order valence-corrected chi connectivity index (χ4v) is 4.47. The molecular formula is C28H40N4O7. The van der Waals surface area contributed by atoms with Gasteiger partial charge in [0, 0.05) is 52.1 Å². The maximum Gasteiger partial charge on any atom is 0.410 e. The van der Waals surface area contributed by atoms with Gasteiger partial charge in [0.1, 0.15) is 34.7 Å². The Morgan fingerprint density at radius 2 is 1.36 bits per heavy atom. The van der Waals surface area contributed by atoms with Gasteiger partial charge in [0.05, 0.1) is 18.4 Å². The van der Waals surface area contributed by atoms with Gasteiger partial charge < -0.3 is 33.6 Å². The van der Waals surface area contributed by atoms with Crippen LogP contribution in [0.2, 0.25) is 0 Å². The summed E-state index contributed by atoms with van der Waals surface area (Å²) < 4.78 is 22.1. The van der Waals surface area contributed by atoms with Gasteiger partial charge in [-0.1, -0.05) is 0 Å². The van der Waals surface area contributed by atoms with Gasteiger partial charge in [0.2, 0.25) is 0 Å². The first kappa shape index (κ1) is 29.9. The normalized spacial score (nSPS) is 16.8. The molecule has 0 N–H and O–H groups in total. The zero-order valence-corrected chi connectivity index (χ0v) is 24.0. The van der Waals surface area contributed by atoms with Gasteiger partial charge in [0.15, 0.2) is 0 Å². The number of carbonyl (C=O) groups excluding carboxylic acids is 3. The van der Waals surface area contributed by atoms with E-state index < -0.39 is 17.2 Å². The highest BCUT2D eigenvalue weighted by Crippen LogP contribution is 2.34. The number of carbonyl (C=O) groups is 3. The molecule has 0 aliphatic carbocycles. The number of esters is 1. The van der Waals surface area contributed by atoms with Crippen molar-refractivity contribution in [2.45, 2.75) is 71.7 Å². The third-order valence-corrected chi connectivity index (χ3v) is 6.31. The molecule has 0 aromatic heterocycles. The molecule has 0 spiro atoms. The molecule has 0 unspecified atom stereocenters. The number of piperazine rings is 1. The highest BCUT2D eigenvalue weighted by molar-refractivity contribution is 5.97. The Bertz CT molecular complexity index is 1100. The molecule has 2 amide bonds. The molecule has 2 saturated heterocycles. The van der Waals surface area contributed by atoms with Gasteiger partial charge in [-0.3, -0.25) is 0 Å². The van der Waals surface area contributed by atoms with Crippen LogP contribution in [0.15, 0.2) is 12.1 Å². The number of hydrogen-bond acceptors (Lipinski definition) is 9. The van der Waals surface area contributed by atoms with Crippen LogP contribution in [0, 0.1) is 11.3 Å². The second-order valence-corrected chi connectivity index (χ2v) is 11.7. The Hall–Kier alpha value is -3.68. The molecule has 0 saturated carbocycles. The molecule has 0 radical (unpaired) electrons. The van der Waals surface area contributed by atoms with E-state index in [9.17, 15) is 19.6 Å². The summed E-state index contributed by atoms with van der Waals surface area (Å²) in [5.74, 6) is -0.396. The van der Waals surface area contributed by atoms with E-state index in [4.69, 9.17) is 18.9 Å². The smallest absolute Gasteiger partial charge is 0.410 e. The number of ether oxygens (including phenoxy) is 4. The van der Waals surface area contributed by atoms with Crippen LogP contribution >= 0.6 is 0 Å². The van der Waals surface area contributed by atoms with Crippen molar-refractivity contribution in [1.29, 1.82) is 5.26 Å². The first-order valence-corrected chi connectivity index (χ1v) is 13.3. The molecule has 2 heterocycles. The molecule has 3 rings (SSSR count). The molecule has 2 fully saturated rings. The van der Waals surface area contributed by atoms with E-state index in [1.165, 1.54) is 7.11 Å². The van der Waals surface area contributed by atoms with E-state index >= 15 is 0 Å². The number of rotatable bonds is 4.